The van der Waals surface area contributed by atoms with E-state index in [1.807, 2.05) is 21.1 Å². The molecule has 0 aliphatic rings. The lowest BCUT2D eigenvalue weighted by molar-refractivity contribution is -0.869. The number of unbranched alkanes of at least 4 members (excludes halogenated alkanes) is 7. The summed E-state index contributed by atoms with van der Waals surface area (Å²) in [5.41, 5.74) is 0. The third-order valence-corrected chi connectivity index (χ3v) is 4.48. The summed E-state index contributed by atoms with van der Waals surface area (Å²) in [6.07, 6.45) is 9.49. The molecular formula is C15H35N2O3P. The van der Waals surface area contributed by atoms with E-state index in [0.29, 0.717) is 13.2 Å². The van der Waals surface area contributed by atoms with E-state index in [4.69, 9.17) is 4.52 Å². The molecule has 0 fully saturated rings. The molecule has 0 heterocycles. The van der Waals surface area contributed by atoms with Crippen LogP contribution in [0.1, 0.15) is 58.3 Å². The monoisotopic (exact) mass is 322 g/mol. The number of hydrogen-bond donors (Lipinski definition) is 1. The van der Waals surface area contributed by atoms with Gasteiger partial charge in [0.15, 0.2) is 0 Å². The molecule has 0 aliphatic heterocycles. The summed E-state index contributed by atoms with van der Waals surface area (Å²) in [7, 11) is 2.22. The Balaban J connectivity index is 3.47. The highest BCUT2D eigenvalue weighted by atomic mass is 31.2. The molecule has 0 bridgehead atoms. The normalized spacial score (nSPS) is 15.1. The molecule has 0 aromatic carbocycles. The van der Waals surface area contributed by atoms with Gasteiger partial charge in [0, 0.05) is 0 Å². The summed E-state index contributed by atoms with van der Waals surface area (Å²) in [5, 5.41) is 2.50. The molecule has 0 saturated heterocycles. The molecule has 5 nitrogen and oxygen atoms in total. The SMILES string of the molecule is CCCCCCCCCCOP(=O)([O-])NCC[N+](C)(C)C. The minimum atomic E-state index is -3.86. The molecule has 0 radical (unpaired) electrons. The number of rotatable bonds is 14. The third-order valence-electron chi connectivity index (χ3n) is 3.35. The Morgan fingerprint density at radius 2 is 1.52 bits per heavy atom. The Kier molecular flexibility index (Phi) is 11.7. The smallest absolute Gasteiger partial charge is 0.204 e. The predicted molar refractivity (Wildman–Crippen MR) is 87.1 cm³/mol. The lowest BCUT2D eigenvalue weighted by Crippen LogP contribution is -2.40. The Morgan fingerprint density at radius 1 is 1.00 bits per heavy atom. The zero-order chi connectivity index (χ0) is 16.2. The maximum Gasteiger partial charge on any atom is 0.204 e. The summed E-state index contributed by atoms with van der Waals surface area (Å²) in [4.78, 5) is 11.6. The van der Waals surface area contributed by atoms with Gasteiger partial charge >= 0.3 is 0 Å². The highest BCUT2D eigenvalue weighted by Crippen LogP contribution is 2.31. The van der Waals surface area contributed by atoms with Crippen LogP contribution in [0.25, 0.3) is 0 Å². The lowest BCUT2D eigenvalue weighted by Gasteiger charge is -2.28. The lowest BCUT2D eigenvalue weighted by atomic mass is 10.1. The maximum atomic E-state index is 11.6. The molecule has 0 aromatic heterocycles. The molecule has 0 rings (SSSR count). The molecular weight excluding hydrogens is 287 g/mol. The van der Waals surface area contributed by atoms with Crippen molar-refractivity contribution in [2.45, 2.75) is 58.3 Å². The van der Waals surface area contributed by atoms with Crippen LogP contribution in [0.2, 0.25) is 0 Å². The third kappa shape index (κ3) is 16.3. The predicted octanol–water partition coefficient (Wildman–Crippen LogP) is 2.91. The molecule has 21 heavy (non-hydrogen) atoms. The van der Waals surface area contributed by atoms with Gasteiger partial charge in [-0.2, -0.15) is 0 Å². The second-order valence-corrected chi connectivity index (χ2v) is 8.30. The van der Waals surface area contributed by atoms with Gasteiger partial charge in [0.25, 0.3) is 0 Å². The van der Waals surface area contributed by atoms with Crippen LogP contribution in [0.5, 0.6) is 0 Å². The summed E-state index contributed by atoms with van der Waals surface area (Å²) >= 11 is 0. The van der Waals surface area contributed by atoms with E-state index in [0.717, 1.165) is 23.9 Å². The molecule has 128 valence electrons. The molecule has 0 aromatic rings. The number of nitrogens with one attached hydrogen (secondary N) is 1. The van der Waals surface area contributed by atoms with Gasteiger partial charge in [-0.15, -0.1) is 0 Å². The van der Waals surface area contributed by atoms with Crippen molar-refractivity contribution in [1.29, 1.82) is 0 Å². The summed E-state index contributed by atoms with van der Waals surface area (Å²) < 4.78 is 17.3. The molecule has 0 spiro atoms. The van der Waals surface area contributed by atoms with Crippen LogP contribution in [0.4, 0.5) is 0 Å². The number of quaternary nitrogens is 1. The zero-order valence-corrected chi connectivity index (χ0v) is 15.3. The van der Waals surface area contributed by atoms with Gasteiger partial charge in [-0.05, 0) is 6.42 Å². The summed E-state index contributed by atoms with van der Waals surface area (Å²) in [5.74, 6) is 0. The van der Waals surface area contributed by atoms with Gasteiger partial charge in [-0.3, -0.25) is 9.65 Å². The van der Waals surface area contributed by atoms with Gasteiger partial charge in [0.2, 0.25) is 7.75 Å². The Hall–Kier alpha value is 0.0700. The first kappa shape index (κ1) is 21.1. The van der Waals surface area contributed by atoms with Crippen molar-refractivity contribution in [3.63, 3.8) is 0 Å². The van der Waals surface area contributed by atoms with E-state index in [1.165, 1.54) is 38.5 Å². The van der Waals surface area contributed by atoms with E-state index in [2.05, 4.69) is 12.0 Å². The first-order valence-corrected chi connectivity index (χ1v) is 9.82. The van der Waals surface area contributed by atoms with Crippen LogP contribution >= 0.6 is 7.75 Å². The second-order valence-electron chi connectivity index (χ2n) is 6.73. The van der Waals surface area contributed by atoms with E-state index in [1.54, 1.807) is 0 Å². The van der Waals surface area contributed by atoms with Gasteiger partial charge < -0.3 is 13.9 Å². The molecule has 0 amide bonds. The molecule has 6 heteroatoms. The highest BCUT2D eigenvalue weighted by Gasteiger charge is 2.11. The zero-order valence-electron chi connectivity index (χ0n) is 14.4. The summed E-state index contributed by atoms with van der Waals surface area (Å²) in [6, 6.07) is 0. The fraction of sp³-hybridized carbons (Fsp3) is 1.00. The maximum absolute atomic E-state index is 11.6. The molecule has 0 saturated carbocycles. The van der Waals surface area contributed by atoms with E-state index < -0.39 is 7.75 Å². The van der Waals surface area contributed by atoms with Crippen LogP contribution in [-0.4, -0.2) is 45.3 Å². The van der Waals surface area contributed by atoms with Crippen LogP contribution in [0.3, 0.4) is 0 Å². The van der Waals surface area contributed by atoms with Crippen molar-refractivity contribution in [2.75, 3.05) is 40.8 Å². The van der Waals surface area contributed by atoms with E-state index in [9.17, 15) is 9.46 Å². The minimum Gasteiger partial charge on any atom is -0.766 e. The van der Waals surface area contributed by atoms with E-state index in [-0.39, 0.29) is 0 Å². The second kappa shape index (κ2) is 11.6. The topological polar surface area (TPSA) is 61.4 Å². The van der Waals surface area contributed by atoms with Crippen LogP contribution in [-0.2, 0) is 9.09 Å². The van der Waals surface area contributed by atoms with Gasteiger partial charge in [0.1, 0.15) is 0 Å². The van der Waals surface area contributed by atoms with E-state index >= 15 is 0 Å². The largest absolute Gasteiger partial charge is 0.766 e. The quantitative estimate of drug-likeness (QED) is 0.303. The molecule has 1 N–H and O–H groups in total. The fourth-order valence-corrected chi connectivity index (χ4v) is 2.82. The fourth-order valence-electron chi connectivity index (χ4n) is 1.99. The number of nitrogens with zero attached hydrogens (tertiary/aromatic N) is 1. The van der Waals surface area contributed by atoms with Gasteiger partial charge in [-0.25, -0.2) is 0 Å². The standard InChI is InChI=1S/C15H35N2O3P/c1-5-6-7-8-9-10-11-12-15-20-21(18,19)16-13-14-17(2,3)4/h5-15H2,1-4H3,(H-,16,18,19). The van der Waals surface area contributed by atoms with Crippen molar-refractivity contribution in [1.82, 2.24) is 5.09 Å². The van der Waals surface area contributed by atoms with Crippen LogP contribution in [0, 0.1) is 0 Å². The minimum absolute atomic E-state index is 0.299. The van der Waals surface area contributed by atoms with Gasteiger partial charge in [0.05, 0.1) is 40.8 Å². The van der Waals surface area contributed by atoms with Crippen molar-refractivity contribution in [2.24, 2.45) is 0 Å². The Bertz CT molecular complexity index is 293. The van der Waals surface area contributed by atoms with Crippen molar-refractivity contribution < 1.29 is 18.5 Å². The molecule has 0 aliphatic carbocycles. The molecule has 1 atom stereocenters. The summed E-state index contributed by atoms with van der Waals surface area (Å²) in [6.45, 7) is 3.68. The van der Waals surface area contributed by atoms with Crippen molar-refractivity contribution in [3.8, 4) is 0 Å². The highest BCUT2D eigenvalue weighted by molar-refractivity contribution is 7.49. The van der Waals surface area contributed by atoms with Crippen molar-refractivity contribution >= 4 is 7.75 Å². The average molecular weight is 322 g/mol. The first-order valence-electron chi connectivity index (χ1n) is 8.28. The van der Waals surface area contributed by atoms with Crippen molar-refractivity contribution in [3.05, 3.63) is 0 Å². The first-order chi connectivity index (χ1) is 9.77. The van der Waals surface area contributed by atoms with Crippen LogP contribution < -0.4 is 9.98 Å². The molecule has 1 unspecified atom stereocenters. The Labute approximate surface area is 131 Å². The number of likely N-dealkylation sites (N-methyl/N-ethyl adjacent to an activating group) is 1. The average Bonchev–Trinajstić information content (AvgIpc) is 2.35. The van der Waals surface area contributed by atoms with Gasteiger partial charge in [-0.1, -0.05) is 51.9 Å². The number of hydrogen-bond acceptors (Lipinski definition) is 3. The Morgan fingerprint density at radius 3 is 2.05 bits per heavy atom. The van der Waals surface area contributed by atoms with Crippen LogP contribution in [0.15, 0.2) is 0 Å².